The SMILES string of the molecule is CC(C)=CC[C@@H]([C@H](O)C(F)F)[S@@](=O)c1ccc(C)cc1. The topological polar surface area (TPSA) is 37.3 Å². The molecule has 1 aromatic carbocycles. The van der Waals surface area contributed by atoms with Gasteiger partial charge in [-0.15, -0.1) is 0 Å². The van der Waals surface area contributed by atoms with E-state index in [2.05, 4.69) is 0 Å². The molecule has 0 bridgehead atoms. The molecule has 0 amide bonds. The maximum atomic E-state index is 12.7. The second-order valence-electron chi connectivity index (χ2n) is 4.99. The van der Waals surface area contributed by atoms with E-state index < -0.39 is 28.6 Å². The van der Waals surface area contributed by atoms with Crippen LogP contribution in [0, 0.1) is 6.92 Å². The molecule has 1 aromatic rings. The van der Waals surface area contributed by atoms with E-state index in [0.29, 0.717) is 4.90 Å². The van der Waals surface area contributed by atoms with E-state index >= 15 is 0 Å². The van der Waals surface area contributed by atoms with E-state index in [0.717, 1.165) is 11.1 Å². The van der Waals surface area contributed by atoms with Crippen LogP contribution < -0.4 is 0 Å². The number of alkyl halides is 2. The third-order valence-corrected chi connectivity index (χ3v) is 4.68. The molecular formula is C15H20F2O2S. The molecule has 1 N–H and O–H groups in total. The molecule has 0 aromatic heterocycles. The Bertz CT molecular complexity index is 479. The van der Waals surface area contributed by atoms with Gasteiger partial charge in [-0.25, -0.2) is 8.78 Å². The first-order valence-corrected chi connectivity index (χ1v) is 7.61. The number of aliphatic hydroxyl groups excluding tert-OH is 1. The Balaban J connectivity index is 3.00. The molecule has 0 unspecified atom stereocenters. The number of halogens is 2. The van der Waals surface area contributed by atoms with Crippen molar-refractivity contribution in [1.29, 1.82) is 0 Å². The Morgan fingerprint density at radius 1 is 1.30 bits per heavy atom. The van der Waals surface area contributed by atoms with Crippen LogP contribution in [0.1, 0.15) is 25.8 Å². The third-order valence-electron chi connectivity index (χ3n) is 2.93. The zero-order valence-corrected chi connectivity index (χ0v) is 12.7. The van der Waals surface area contributed by atoms with Gasteiger partial charge >= 0.3 is 0 Å². The summed E-state index contributed by atoms with van der Waals surface area (Å²) in [4.78, 5) is 0.461. The normalized spacial score (nSPS) is 15.8. The van der Waals surface area contributed by atoms with E-state index in [4.69, 9.17) is 0 Å². The van der Waals surface area contributed by atoms with Crippen molar-refractivity contribution in [1.82, 2.24) is 0 Å². The smallest absolute Gasteiger partial charge is 0.265 e. The molecule has 0 saturated carbocycles. The molecule has 1 rings (SSSR count). The first-order valence-electron chi connectivity index (χ1n) is 6.39. The molecule has 0 spiro atoms. The van der Waals surface area contributed by atoms with Gasteiger partial charge in [-0.1, -0.05) is 29.3 Å². The van der Waals surface area contributed by atoms with Crippen LogP contribution in [-0.4, -0.2) is 27.1 Å². The lowest BCUT2D eigenvalue weighted by molar-refractivity contribution is -0.00535. The van der Waals surface area contributed by atoms with Crippen LogP contribution in [0.25, 0.3) is 0 Å². The number of hydrogen-bond donors (Lipinski definition) is 1. The molecule has 0 aliphatic heterocycles. The Morgan fingerprint density at radius 3 is 2.30 bits per heavy atom. The average Bonchev–Trinajstić information content (AvgIpc) is 2.38. The van der Waals surface area contributed by atoms with Crippen LogP contribution in [0.4, 0.5) is 8.78 Å². The summed E-state index contributed by atoms with van der Waals surface area (Å²) in [6.07, 6.45) is -2.91. The summed E-state index contributed by atoms with van der Waals surface area (Å²) in [6, 6.07) is 6.86. The molecule has 2 nitrogen and oxygen atoms in total. The van der Waals surface area contributed by atoms with Gasteiger partial charge in [-0.2, -0.15) is 0 Å². The van der Waals surface area contributed by atoms with E-state index in [-0.39, 0.29) is 6.42 Å². The molecule has 0 radical (unpaired) electrons. The second kappa shape index (κ2) is 7.64. The summed E-state index contributed by atoms with van der Waals surface area (Å²) in [5, 5.41) is 8.61. The summed E-state index contributed by atoms with van der Waals surface area (Å²) >= 11 is 0. The van der Waals surface area contributed by atoms with E-state index in [9.17, 15) is 18.1 Å². The minimum absolute atomic E-state index is 0.161. The molecule has 0 saturated heterocycles. The molecule has 0 aliphatic rings. The van der Waals surface area contributed by atoms with Crippen molar-refractivity contribution >= 4 is 10.8 Å². The monoisotopic (exact) mass is 302 g/mol. The number of hydrogen-bond acceptors (Lipinski definition) is 2. The minimum atomic E-state index is -2.90. The maximum Gasteiger partial charge on any atom is 0.265 e. The predicted molar refractivity (Wildman–Crippen MR) is 77.4 cm³/mol. The van der Waals surface area contributed by atoms with Gasteiger partial charge in [0.15, 0.2) is 0 Å². The molecule has 3 atom stereocenters. The number of benzene rings is 1. The highest BCUT2D eigenvalue weighted by Gasteiger charge is 2.32. The van der Waals surface area contributed by atoms with Crippen LogP contribution in [0.2, 0.25) is 0 Å². The van der Waals surface area contributed by atoms with Gasteiger partial charge in [0.2, 0.25) is 0 Å². The van der Waals surface area contributed by atoms with Gasteiger partial charge in [0.1, 0.15) is 6.10 Å². The van der Waals surface area contributed by atoms with Crippen molar-refractivity contribution in [2.75, 3.05) is 0 Å². The number of allylic oxidation sites excluding steroid dienone is 2. The number of aryl methyl sites for hydroxylation is 1. The van der Waals surface area contributed by atoms with Crippen LogP contribution in [0.5, 0.6) is 0 Å². The fourth-order valence-corrected chi connectivity index (χ4v) is 3.11. The Morgan fingerprint density at radius 2 is 1.85 bits per heavy atom. The van der Waals surface area contributed by atoms with Gasteiger partial charge in [0.25, 0.3) is 6.43 Å². The summed E-state index contributed by atoms with van der Waals surface area (Å²) < 4.78 is 37.9. The highest BCUT2D eigenvalue weighted by Crippen LogP contribution is 2.22. The summed E-state index contributed by atoms with van der Waals surface area (Å²) in [6.45, 7) is 5.56. The lowest BCUT2D eigenvalue weighted by Gasteiger charge is -2.21. The molecule has 20 heavy (non-hydrogen) atoms. The van der Waals surface area contributed by atoms with Gasteiger partial charge < -0.3 is 5.11 Å². The summed E-state index contributed by atoms with van der Waals surface area (Å²) in [5.41, 5.74) is 1.94. The van der Waals surface area contributed by atoms with Crippen LogP contribution in [0.15, 0.2) is 40.8 Å². The Labute approximate surface area is 121 Å². The number of aliphatic hydroxyl groups is 1. The van der Waals surface area contributed by atoms with E-state index in [1.54, 1.807) is 30.3 Å². The number of rotatable bonds is 6. The Hall–Kier alpha value is -1.07. The van der Waals surface area contributed by atoms with Crippen molar-refractivity contribution in [2.45, 2.75) is 49.9 Å². The van der Waals surface area contributed by atoms with E-state index in [1.165, 1.54) is 0 Å². The standard InChI is InChI=1S/C15H20F2O2S/c1-10(2)4-9-13(14(18)15(16)17)20(19)12-7-5-11(3)6-8-12/h4-8,13-15,18H,9H2,1-3H3/t13-,14-,20-/m0/s1. The molecule has 0 aliphatic carbocycles. The van der Waals surface area contributed by atoms with E-state index in [1.807, 2.05) is 20.8 Å². The fraction of sp³-hybridized carbons (Fsp3) is 0.467. The molecular weight excluding hydrogens is 282 g/mol. The van der Waals surface area contributed by atoms with Gasteiger partial charge in [0, 0.05) is 4.90 Å². The van der Waals surface area contributed by atoms with Gasteiger partial charge in [0.05, 0.1) is 16.0 Å². The van der Waals surface area contributed by atoms with Crippen molar-refractivity contribution in [3.8, 4) is 0 Å². The summed E-state index contributed by atoms with van der Waals surface area (Å²) in [5.74, 6) is 0. The Kier molecular flexibility index (Phi) is 6.49. The lowest BCUT2D eigenvalue weighted by Crippen LogP contribution is -2.35. The molecule has 5 heteroatoms. The zero-order chi connectivity index (χ0) is 15.3. The molecule has 0 fully saturated rings. The van der Waals surface area contributed by atoms with Crippen LogP contribution >= 0.6 is 0 Å². The van der Waals surface area contributed by atoms with Crippen LogP contribution in [0.3, 0.4) is 0 Å². The lowest BCUT2D eigenvalue weighted by atomic mass is 10.1. The van der Waals surface area contributed by atoms with Gasteiger partial charge in [-0.05, 0) is 39.3 Å². The zero-order valence-electron chi connectivity index (χ0n) is 11.8. The first-order chi connectivity index (χ1) is 9.32. The molecule has 112 valence electrons. The first kappa shape index (κ1) is 17.0. The van der Waals surface area contributed by atoms with Crippen molar-refractivity contribution in [3.05, 3.63) is 41.5 Å². The third kappa shape index (κ3) is 4.80. The minimum Gasteiger partial charge on any atom is -0.386 e. The second-order valence-corrected chi connectivity index (χ2v) is 6.66. The van der Waals surface area contributed by atoms with Crippen molar-refractivity contribution < 1.29 is 18.1 Å². The predicted octanol–water partition coefficient (Wildman–Crippen LogP) is 3.45. The molecule has 0 heterocycles. The van der Waals surface area contributed by atoms with Crippen molar-refractivity contribution in [2.24, 2.45) is 0 Å². The average molecular weight is 302 g/mol. The quantitative estimate of drug-likeness (QED) is 0.817. The van der Waals surface area contributed by atoms with Crippen LogP contribution in [-0.2, 0) is 10.8 Å². The van der Waals surface area contributed by atoms with Gasteiger partial charge in [-0.3, -0.25) is 4.21 Å². The fourth-order valence-electron chi connectivity index (χ4n) is 1.71. The van der Waals surface area contributed by atoms with Crippen molar-refractivity contribution in [3.63, 3.8) is 0 Å². The highest BCUT2D eigenvalue weighted by atomic mass is 32.2. The largest absolute Gasteiger partial charge is 0.386 e. The maximum absolute atomic E-state index is 12.7. The summed E-state index contributed by atoms with van der Waals surface area (Å²) in [7, 11) is -1.67. The highest BCUT2D eigenvalue weighted by molar-refractivity contribution is 7.85.